The van der Waals surface area contributed by atoms with Crippen molar-refractivity contribution in [3.63, 3.8) is 0 Å². The van der Waals surface area contributed by atoms with Crippen LogP contribution in [0.2, 0.25) is 0 Å². The molecule has 1 fully saturated rings. The van der Waals surface area contributed by atoms with Gasteiger partial charge in [-0.2, -0.15) is 5.10 Å². The molecule has 7 nitrogen and oxygen atoms in total. The number of nitrogen functional groups attached to an aromatic ring is 1. The van der Waals surface area contributed by atoms with E-state index >= 15 is 0 Å². The molecule has 0 aliphatic heterocycles. The van der Waals surface area contributed by atoms with Crippen molar-refractivity contribution in [2.45, 2.75) is 31.7 Å². The van der Waals surface area contributed by atoms with Gasteiger partial charge in [0.2, 0.25) is 0 Å². The highest BCUT2D eigenvalue weighted by molar-refractivity contribution is 7.17. The largest absolute Gasteiger partial charge is 0.383 e. The average Bonchev–Trinajstić information content (AvgIpc) is 3.40. The standard InChI is InChI=1S/C19H18N6OS/c20-17-15-16(19(26)23-12-5-6-14-11(9-12)7-8-27-14)24-25(13-3-1-2-4-13)18(15)22-10-21-17/h5-10,13H,1-4H2,(H,23,26)(H2,20,21,22). The Kier molecular flexibility index (Phi) is 3.78. The van der Waals surface area contributed by atoms with Crippen molar-refractivity contribution in [3.8, 4) is 0 Å². The van der Waals surface area contributed by atoms with Crippen LogP contribution in [0, 0.1) is 0 Å². The summed E-state index contributed by atoms with van der Waals surface area (Å²) in [5.41, 5.74) is 7.71. The third kappa shape index (κ3) is 2.73. The van der Waals surface area contributed by atoms with Crippen molar-refractivity contribution in [1.29, 1.82) is 0 Å². The minimum absolute atomic E-state index is 0.255. The van der Waals surface area contributed by atoms with E-state index in [1.165, 1.54) is 11.0 Å². The van der Waals surface area contributed by atoms with Crippen LogP contribution in [-0.2, 0) is 0 Å². The lowest BCUT2D eigenvalue weighted by molar-refractivity contribution is 0.102. The minimum Gasteiger partial charge on any atom is -0.383 e. The molecular weight excluding hydrogens is 360 g/mol. The monoisotopic (exact) mass is 378 g/mol. The summed E-state index contributed by atoms with van der Waals surface area (Å²) >= 11 is 1.67. The molecule has 0 bridgehead atoms. The number of hydrogen-bond donors (Lipinski definition) is 2. The van der Waals surface area contributed by atoms with Crippen LogP contribution >= 0.6 is 11.3 Å². The molecule has 0 unspecified atom stereocenters. The molecule has 4 aromatic rings. The number of nitrogens with zero attached hydrogens (tertiary/aromatic N) is 4. The molecule has 3 heterocycles. The van der Waals surface area contributed by atoms with Crippen LogP contribution in [0.1, 0.15) is 42.2 Å². The number of fused-ring (bicyclic) bond motifs is 2. The van der Waals surface area contributed by atoms with E-state index in [-0.39, 0.29) is 23.5 Å². The molecule has 0 saturated heterocycles. The summed E-state index contributed by atoms with van der Waals surface area (Å²) in [5.74, 6) is -0.0180. The fraction of sp³-hybridized carbons (Fsp3) is 0.263. The normalized spacial score (nSPS) is 15.0. The number of nitrogens with two attached hydrogens (primary N) is 1. The van der Waals surface area contributed by atoms with Crippen molar-refractivity contribution in [1.82, 2.24) is 19.7 Å². The maximum Gasteiger partial charge on any atom is 0.277 e. The van der Waals surface area contributed by atoms with Crippen LogP contribution in [0.3, 0.4) is 0 Å². The van der Waals surface area contributed by atoms with Gasteiger partial charge in [-0.15, -0.1) is 11.3 Å². The second-order valence-corrected chi connectivity index (χ2v) is 7.76. The lowest BCUT2D eigenvalue weighted by Crippen LogP contribution is -2.14. The number of hydrogen-bond acceptors (Lipinski definition) is 6. The van der Waals surface area contributed by atoms with Crippen molar-refractivity contribution in [2.24, 2.45) is 0 Å². The van der Waals surface area contributed by atoms with Crippen LogP contribution in [0.15, 0.2) is 36.0 Å². The van der Waals surface area contributed by atoms with E-state index in [2.05, 4.69) is 20.4 Å². The van der Waals surface area contributed by atoms with Gasteiger partial charge in [0, 0.05) is 10.4 Å². The van der Waals surface area contributed by atoms with Crippen molar-refractivity contribution < 1.29 is 4.79 Å². The van der Waals surface area contributed by atoms with E-state index in [1.807, 2.05) is 34.3 Å². The summed E-state index contributed by atoms with van der Waals surface area (Å²) in [4.78, 5) is 21.4. The molecule has 0 spiro atoms. The van der Waals surface area contributed by atoms with Gasteiger partial charge in [0.05, 0.1) is 11.4 Å². The van der Waals surface area contributed by atoms with Gasteiger partial charge in [0.15, 0.2) is 11.3 Å². The first-order valence-electron chi connectivity index (χ1n) is 8.98. The summed E-state index contributed by atoms with van der Waals surface area (Å²) < 4.78 is 3.04. The highest BCUT2D eigenvalue weighted by atomic mass is 32.1. The lowest BCUT2D eigenvalue weighted by Gasteiger charge is -2.10. The van der Waals surface area contributed by atoms with Gasteiger partial charge in [-0.1, -0.05) is 12.8 Å². The fourth-order valence-corrected chi connectivity index (χ4v) is 4.56. The zero-order valence-corrected chi connectivity index (χ0v) is 15.4. The van der Waals surface area contributed by atoms with Gasteiger partial charge < -0.3 is 11.1 Å². The molecule has 3 aromatic heterocycles. The SMILES string of the molecule is Nc1ncnc2c1c(C(=O)Nc1ccc3sccc3c1)nn2C1CCCC1. The Morgan fingerprint density at radius 3 is 2.93 bits per heavy atom. The first kappa shape index (κ1) is 16.2. The molecule has 5 rings (SSSR count). The van der Waals surface area contributed by atoms with Gasteiger partial charge in [0.25, 0.3) is 5.91 Å². The molecular formula is C19H18N6OS. The van der Waals surface area contributed by atoms with E-state index in [4.69, 9.17) is 5.73 Å². The summed E-state index contributed by atoms with van der Waals surface area (Å²) in [6, 6.07) is 8.14. The van der Waals surface area contributed by atoms with Crippen LogP contribution in [0.5, 0.6) is 0 Å². The van der Waals surface area contributed by atoms with Gasteiger partial charge in [-0.25, -0.2) is 14.6 Å². The average molecular weight is 378 g/mol. The Morgan fingerprint density at radius 1 is 1.22 bits per heavy atom. The number of thiophene rings is 1. The molecule has 3 N–H and O–H groups in total. The van der Waals surface area contributed by atoms with E-state index < -0.39 is 0 Å². The van der Waals surface area contributed by atoms with Gasteiger partial charge in [-0.05, 0) is 47.9 Å². The summed E-state index contributed by atoms with van der Waals surface area (Å²) in [7, 11) is 0. The number of aromatic nitrogens is 4. The number of amides is 1. The Balaban J connectivity index is 1.55. The van der Waals surface area contributed by atoms with Crippen LogP contribution in [-0.4, -0.2) is 25.7 Å². The predicted molar refractivity (Wildman–Crippen MR) is 107 cm³/mol. The lowest BCUT2D eigenvalue weighted by atomic mass is 10.2. The number of anilines is 2. The topological polar surface area (TPSA) is 98.7 Å². The first-order valence-corrected chi connectivity index (χ1v) is 9.86. The third-order valence-corrected chi connectivity index (χ3v) is 6.01. The first-order chi connectivity index (χ1) is 13.2. The molecule has 1 amide bonds. The van der Waals surface area contributed by atoms with Crippen LogP contribution in [0.4, 0.5) is 11.5 Å². The summed E-state index contributed by atoms with van der Waals surface area (Å²) in [6.45, 7) is 0. The van der Waals surface area contributed by atoms with Crippen LogP contribution < -0.4 is 11.1 Å². The zero-order valence-electron chi connectivity index (χ0n) is 14.6. The number of carbonyl (C=O) groups excluding carboxylic acids is 1. The van der Waals surface area contributed by atoms with Crippen molar-refractivity contribution in [2.75, 3.05) is 11.1 Å². The number of nitrogens with one attached hydrogen (secondary N) is 1. The molecule has 1 aromatic carbocycles. The second-order valence-electron chi connectivity index (χ2n) is 6.82. The summed E-state index contributed by atoms with van der Waals surface area (Å²) in [5, 5.41) is 11.2. The molecule has 136 valence electrons. The molecule has 0 radical (unpaired) electrons. The molecule has 27 heavy (non-hydrogen) atoms. The Bertz CT molecular complexity index is 1160. The maximum atomic E-state index is 13.0. The number of benzene rings is 1. The molecule has 1 saturated carbocycles. The van der Waals surface area contributed by atoms with E-state index in [9.17, 15) is 4.79 Å². The van der Waals surface area contributed by atoms with Crippen LogP contribution in [0.25, 0.3) is 21.1 Å². The number of carbonyl (C=O) groups is 1. The molecule has 1 aliphatic rings. The smallest absolute Gasteiger partial charge is 0.277 e. The predicted octanol–water partition coefficient (Wildman–Crippen LogP) is 3.99. The quantitative estimate of drug-likeness (QED) is 0.561. The summed E-state index contributed by atoms with van der Waals surface area (Å²) in [6.07, 6.45) is 5.83. The van der Waals surface area contributed by atoms with E-state index in [1.54, 1.807) is 11.3 Å². The van der Waals surface area contributed by atoms with Crippen molar-refractivity contribution in [3.05, 3.63) is 41.7 Å². The Hall–Kier alpha value is -3.00. The van der Waals surface area contributed by atoms with Gasteiger partial charge in [0.1, 0.15) is 12.1 Å². The number of rotatable bonds is 3. The Morgan fingerprint density at radius 2 is 2.07 bits per heavy atom. The maximum absolute atomic E-state index is 13.0. The molecule has 1 aliphatic carbocycles. The molecule has 0 atom stereocenters. The third-order valence-electron chi connectivity index (χ3n) is 5.11. The van der Waals surface area contributed by atoms with E-state index in [0.717, 1.165) is 36.8 Å². The second kappa shape index (κ2) is 6.31. The minimum atomic E-state index is -0.298. The highest BCUT2D eigenvalue weighted by Gasteiger charge is 2.26. The Labute approximate surface area is 159 Å². The van der Waals surface area contributed by atoms with Gasteiger partial charge >= 0.3 is 0 Å². The van der Waals surface area contributed by atoms with E-state index in [0.29, 0.717) is 11.0 Å². The fourth-order valence-electron chi connectivity index (χ4n) is 3.79. The zero-order chi connectivity index (χ0) is 18.4. The highest BCUT2D eigenvalue weighted by Crippen LogP contribution is 2.33. The molecule has 8 heteroatoms. The van der Waals surface area contributed by atoms with Gasteiger partial charge in [-0.3, -0.25) is 4.79 Å². The van der Waals surface area contributed by atoms with Crippen molar-refractivity contribution >= 4 is 49.9 Å².